The minimum Gasteiger partial charge on any atom is -0.207 e. The van der Waals surface area contributed by atoms with E-state index < -0.39 is 0 Å². The maximum Gasteiger partial charge on any atom is 0.124 e. The minimum absolute atomic E-state index is 0.0219. The van der Waals surface area contributed by atoms with Crippen molar-refractivity contribution in [2.24, 2.45) is 0 Å². The summed E-state index contributed by atoms with van der Waals surface area (Å²) in [4.78, 5) is -0.0219. The van der Waals surface area contributed by atoms with Gasteiger partial charge in [-0.2, -0.15) is 0 Å². The van der Waals surface area contributed by atoms with Crippen LogP contribution in [0.5, 0.6) is 0 Å². The highest BCUT2D eigenvalue weighted by molar-refractivity contribution is 9.11. The molecule has 0 bridgehead atoms. The summed E-state index contributed by atoms with van der Waals surface area (Å²) in [5, 5.41) is 0. The Kier molecular flexibility index (Phi) is 4.85. The third-order valence-corrected chi connectivity index (χ3v) is 5.33. The van der Waals surface area contributed by atoms with Crippen LogP contribution >= 0.6 is 47.8 Å². The fourth-order valence-electron chi connectivity index (χ4n) is 1.98. The topological polar surface area (TPSA) is 0 Å². The molecule has 0 spiro atoms. The third kappa shape index (κ3) is 3.47. The van der Waals surface area contributed by atoms with Crippen molar-refractivity contribution in [3.8, 4) is 0 Å². The Morgan fingerprint density at radius 2 is 1.63 bits per heavy atom. The monoisotopic (exact) mass is 448 g/mol. The largest absolute Gasteiger partial charge is 0.207 e. The molecule has 1 unspecified atom stereocenters. The summed E-state index contributed by atoms with van der Waals surface area (Å²) in [6.45, 7) is 4.11. The number of alkyl halides is 1. The van der Waals surface area contributed by atoms with Gasteiger partial charge < -0.3 is 0 Å². The second-order valence-corrected chi connectivity index (χ2v) is 7.21. The molecule has 0 aliphatic heterocycles. The second-order valence-electron chi connectivity index (χ2n) is 4.52. The second kappa shape index (κ2) is 6.06. The molecule has 0 saturated carbocycles. The fraction of sp³-hybridized carbons (Fsp3) is 0.200. The summed E-state index contributed by atoms with van der Waals surface area (Å²) in [7, 11) is 0. The van der Waals surface area contributed by atoms with E-state index in [0.29, 0.717) is 0 Å². The fourth-order valence-corrected chi connectivity index (χ4v) is 3.68. The van der Waals surface area contributed by atoms with Crippen molar-refractivity contribution in [3.63, 3.8) is 0 Å². The van der Waals surface area contributed by atoms with E-state index in [9.17, 15) is 4.39 Å². The van der Waals surface area contributed by atoms with E-state index in [0.717, 1.165) is 20.1 Å². The lowest BCUT2D eigenvalue weighted by molar-refractivity contribution is 0.625. The van der Waals surface area contributed by atoms with Gasteiger partial charge in [0.15, 0.2) is 0 Å². The Balaban J connectivity index is 2.49. The normalized spacial score (nSPS) is 12.5. The number of halogens is 4. The molecule has 0 N–H and O–H groups in total. The zero-order valence-corrected chi connectivity index (χ0v) is 15.2. The number of benzene rings is 2. The molecule has 0 fully saturated rings. The van der Waals surface area contributed by atoms with Crippen LogP contribution in [0, 0.1) is 19.7 Å². The zero-order chi connectivity index (χ0) is 14.2. The molecule has 100 valence electrons. The molecule has 0 saturated heterocycles. The van der Waals surface area contributed by atoms with Crippen LogP contribution < -0.4 is 0 Å². The van der Waals surface area contributed by atoms with Crippen molar-refractivity contribution in [2.75, 3.05) is 0 Å². The first-order chi connectivity index (χ1) is 8.88. The van der Waals surface area contributed by atoms with Crippen molar-refractivity contribution >= 4 is 47.8 Å². The van der Waals surface area contributed by atoms with Crippen LogP contribution in [0.25, 0.3) is 0 Å². The summed E-state index contributed by atoms with van der Waals surface area (Å²) < 4.78 is 15.3. The molecule has 2 rings (SSSR count). The summed E-state index contributed by atoms with van der Waals surface area (Å²) >= 11 is 10.5. The molecule has 0 aromatic heterocycles. The lowest BCUT2D eigenvalue weighted by Gasteiger charge is -2.16. The van der Waals surface area contributed by atoms with Crippen LogP contribution in [0.1, 0.15) is 27.1 Å². The van der Waals surface area contributed by atoms with Gasteiger partial charge in [0.05, 0.1) is 4.83 Å². The number of rotatable bonds is 2. The SMILES string of the molecule is Cc1cc(C(Br)c2cc(F)cc(Br)c2)c(C)cc1Br. The van der Waals surface area contributed by atoms with Crippen molar-refractivity contribution in [2.45, 2.75) is 18.7 Å². The highest BCUT2D eigenvalue weighted by Crippen LogP contribution is 2.36. The van der Waals surface area contributed by atoms with E-state index >= 15 is 0 Å². The summed E-state index contributed by atoms with van der Waals surface area (Å²) in [5.74, 6) is -0.236. The van der Waals surface area contributed by atoms with E-state index in [1.165, 1.54) is 17.2 Å². The van der Waals surface area contributed by atoms with Crippen LogP contribution in [0.3, 0.4) is 0 Å². The first kappa shape index (κ1) is 15.2. The van der Waals surface area contributed by atoms with Gasteiger partial charge in [0, 0.05) is 8.95 Å². The van der Waals surface area contributed by atoms with E-state index in [4.69, 9.17) is 0 Å². The van der Waals surface area contributed by atoms with Gasteiger partial charge in [0.1, 0.15) is 5.82 Å². The Hall–Kier alpha value is -0.190. The maximum atomic E-state index is 13.5. The summed E-state index contributed by atoms with van der Waals surface area (Å²) in [6.07, 6.45) is 0. The Bertz CT molecular complexity index is 603. The molecule has 0 heterocycles. The van der Waals surface area contributed by atoms with Crippen molar-refractivity contribution in [3.05, 3.63) is 67.3 Å². The average Bonchev–Trinajstić information content (AvgIpc) is 2.31. The predicted molar refractivity (Wildman–Crippen MR) is 88.5 cm³/mol. The van der Waals surface area contributed by atoms with Crippen molar-refractivity contribution in [1.29, 1.82) is 0 Å². The Labute approximate surface area is 137 Å². The van der Waals surface area contributed by atoms with Gasteiger partial charge in [-0.25, -0.2) is 4.39 Å². The van der Waals surface area contributed by atoms with Gasteiger partial charge in [0.25, 0.3) is 0 Å². The Morgan fingerprint density at radius 1 is 0.947 bits per heavy atom. The lowest BCUT2D eigenvalue weighted by Crippen LogP contribution is -1.98. The molecule has 0 nitrogen and oxygen atoms in total. The summed E-state index contributed by atoms with van der Waals surface area (Å²) in [5.41, 5.74) is 4.38. The highest BCUT2D eigenvalue weighted by atomic mass is 79.9. The lowest BCUT2D eigenvalue weighted by atomic mass is 9.98. The minimum atomic E-state index is -0.236. The molecule has 2 aromatic carbocycles. The summed E-state index contributed by atoms with van der Waals surface area (Å²) in [6, 6.07) is 9.16. The van der Waals surface area contributed by atoms with Crippen molar-refractivity contribution in [1.82, 2.24) is 0 Å². The quantitative estimate of drug-likeness (QED) is 0.461. The van der Waals surface area contributed by atoms with Crippen molar-refractivity contribution < 1.29 is 4.39 Å². The molecule has 0 aliphatic carbocycles. The predicted octanol–water partition coefficient (Wildman–Crippen LogP) is 6.45. The van der Waals surface area contributed by atoms with Gasteiger partial charge in [-0.1, -0.05) is 53.9 Å². The van der Waals surface area contributed by atoms with Crippen LogP contribution in [0.4, 0.5) is 4.39 Å². The van der Waals surface area contributed by atoms with E-state index in [-0.39, 0.29) is 10.6 Å². The van der Waals surface area contributed by atoms with E-state index in [1.807, 2.05) is 13.0 Å². The molecule has 0 aliphatic rings. The molecule has 1 atom stereocenters. The Morgan fingerprint density at radius 3 is 2.26 bits per heavy atom. The van der Waals surface area contributed by atoms with Crippen LogP contribution in [0.2, 0.25) is 0 Å². The number of hydrogen-bond donors (Lipinski definition) is 0. The first-order valence-corrected chi connectivity index (χ1v) is 8.25. The molecule has 19 heavy (non-hydrogen) atoms. The first-order valence-electron chi connectivity index (χ1n) is 5.75. The van der Waals surface area contributed by atoms with Crippen LogP contribution in [-0.2, 0) is 0 Å². The van der Waals surface area contributed by atoms with Gasteiger partial charge >= 0.3 is 0 Å². The van der Waals surface area contributed by atoms with Gasteiger partial charge in [0.2, 0.25) is 0 Å². The molecular weight excluding hydrogens is 439 g/mol. The molecule has 4 heteroatoms. The maximum absolute atomic E-state index is 13.5. The number of aryl methyl sites for hydroxylation is 2. The molecular formula is C15H12Br3F. The average molecular weight is 451 g/mol. The third-order valence-electron chi connectivity index (χ3n) is 3.00. The van der Waals surface area contributed by atoms with Gasteiger partial charge in [-0.15, -0.1) is 0 Å². The number of hydrogen-bond acceptors (Lipinski definition) is 0. The van der Waals surface area contributed by atoms with Gasteiger partial charge in [-0.3, -0.25) is 0 Å². The zero-order valence-electron chi connectivity index (χ0n) is 10.5. The van der Waals surface area contributed by atoms with E-state index in [1.54, 1.807) is 6.07 Å². The standard InChI is InChI=1S/C15H12Br3F/c1-8-4-14(17)9(2)3-13(8)15(18)10-5-11(16)7-12(19)6-10/h3-7,15H,1-2H3. The van der Waals surface area contributed by atoms with Crippen LogP contribution in [-0.4, -0.2) is 0 Å². The highest BCUT2D eigenvalue weighted by Gasteiger charge is 2.15. The molecule has 2 aromatic rings. The molecule has 0 radical (unpaired) electrons. The van der Waals surface area contributed by atoms with Crippen LogP contribution in [0.15, 0.2) is 39.3 Å². The smallest absolute Gasteiger partial charge is 0.124 e. The molecule has 0 amide bonds. The van der Waals surface area contributed by atoms with E-state index in [2.05, 4.69) is 66.8 Å². The van der Waals surface area contributed by atoms with Gasteiger partial charge in [-0.05, 0) is 60.4 Å².